The normalized spacial score (nSPS) is 9.12. The van der Waals surface area contributed by atoms with E-state index in [1.165, 1.54) is 0 Å². The second-order valence-electron chi connectivity index (χ2n) is 1.03. The van der Waals surface area contributed by atoms with Crippen LogP contribution in [0.2, 0.25) is 0 Å². The van der Waals surface area contributed by atoms with Crippen LogP contribution >= 0.6 is 12.6 Å². The molecule has 0 amide bonds. The second-order valence-corrected chi connectivity index (χ2v) is 1.43. The van der Waals surface area contributed by atoms with Crippen LogP contribution in [0.3, 0.4) is 0 Å². The highest BCUT2D eigenvalue weighted by Gasteiger charge is 1.94. The quantitative estimate of drug-likeness (QED) is 0.301. The van der Waals surface area contributed by atoms with E-state index in [9.17, 15) is 4.79 Å². The van der Waals surface area contributed by atoms with Gasteiger partial charge in [0, 0.05) is 0 Å². The van der Waals surface area contributed by atoms with Crippen molar-refractivity contribution in [3.63, 3.8) is 0 Å². The third-order valence-electron chi connectivity index (χ3n) is 0.575. The van der Waals surface area contributed by atoms with Crippen LogP contribution in [-0.2, 0) is 4.79 Å². The first-order chi connectivity index (χ1) is 3.84. The predicted molar refractivity (Wildman–Crippen MR) is 27.2 cm³/mol. The smallest absolute Gasteiger partial charge is 0.238 e. The summed E-state index contributed by atoms with van der Waals surface area (Å²) in [4.78, 5) is 9.86. The average Bonchev–Trinajstić information content (AvgIpc) is 2.14. The Kier molecular flexibility index (Phi) is 1.25. The zero-order valence-corrected chi connectivity index (χ0v) is 4.62. The van der Waals surface area contributed by atoms with E-state index < -0.39 is 0 Å². The molecule has 0 unspecified atom stereocenters. The maximum Gasteiger partial charge on any atom is 0.238 e. The zero-order valence-electron chi connectivity index (χ0n) is 3.72. The lowest BCUT2D eigenvalue weighted by atomic mass is 11.2. The van der Waals surface area contributed by atoms with Gasteiger partial charge >= 0.3 is 0 Å². The van der Waals surface area contributed by atoms with Crippen molar-refractivity contribution in [1.82, 2.24) is 20.2 Å². The fraction of sp³-hybridized carbons (Fsp3) is 0. The number of rotatable bonds is 1. The lowest BCUT2D eigenvalue weighted by Gasteiger charge is -1.79. The van der Waals surface area contributed by atoms with Crippen molar-refractivity contribution >= 4 is 19.0 Å². The Labute approximate surface area is 50.1 Å². The van der Waals surface area contributed by atoms with E-state index in [0.29, 0.717) is 6.41 Å². The molecular weight excluding hydrogens is 128 g/mol. The minimum Gasteiger partial charge on any atom is -0.276 e. The molecule has 1 rings (SSSR count). The summed E-state index contributed by atoms with van der Waals surface area (Å²) < 4.78 is 0.920. The van der Waals surface area contributed by atoms with Crippen molar-refractivity contribution in [3.05, 3.63) is 0 Å². The Balaban J connectivity index is 3.09. The minimum absolute atomic E-state index is 0.194. The number of tetrazole rings is 1. The summed E-state index contributed by atoms with van der Waals surface area (Å²) in [5.41, 5.74) is 0. The molecule has 0 atom stereocenters. The molecule has 0 aliphatic heterocycles. The summed E-state index contributed by atoms with van der Waals surface area (Å²) in [6.45, 7) is 0. The minimum atomic E-state index is 0.194. The fourth-order valence-electron chi connectivity index (χ4n) is 0.257. The maximum atomic E-state index is 9.86. The molecule has 42 valence electrons. The average molecular weight is 130 g/mol. The van der Waals surface area contributed by atoms with Crippen LogP contribution in [0.25, 0.3) is 0 Å². The molecule has 0 bridgehead atoms. The summed E-state index contributed by atoms with van der Waals surface area (Å²) in [6, 6.07) is 0. The standard InChI is InChI=1S/C2H2N4OS/c7-1-6-2(8)3-4-5-6/h1H,(H,3,5,8). The van der Waals surface area contributed by atoms with Crippen molar-refractivity contribution < 1.29 is 4.79 Å². The van der Waals surface area contributed by atoms with Crippen LogP contribution in [0.15, 0.2) is 5.16 Å². The predicted octanol–water partition coefficient (Wildman–Crippen LogP) is -1.000. The molecule has 0 N–H and O–H groups in total. The van der Waals surface area contributed by atoms with Gasteiger partial charge in [-0.1, -0.05) is 0 Å². The SMILES string of the molecule is O=Cn1nnnc1S. The van der Waals surface area contributed by atoms with Gasteiger partial charge in [0.25, 0.3) is 0 Å². The van der Waals surface area contributed by atoms with E-state index >= 15 is 0 Å². The third kappa shape index (κ3) is 0.692. The lowest BCUT2D eigenvalue weighted by molar-refractivity contribution is 0.532. The largest absolute Gasteiger partial charge is 0.276 e. The van der Waals surface area contributed by atoms with Gasteiger partial charge in [-0.3, -0.25) is 4.79 Å². The van der Waals surface area contributed by atoms with E-state index in [1.807, 2.05) is 0 Å². The number of carbonyl (C=O) groups is 1. The number of hydrogen-bond acceptors (Lipinski definition) is 5. The molecule has 1 aromatic heterocycles. The summed E-state index contributed by atoms with van der Waals surface area (Å²) >= 11 is 3.72. The highest BCUT2D eigenvalue weighted by atomic mass is 32.1. The highest BCUT2D eigenvalue weighted by Crippen LogP contribution is 1.91. The van der Waals surface area contributed by atoms with Gasteiger partial charge in [0.2, 0.25) is 11.6 Å². The van der Waals surface area contributed by atoms with Crippen molar-refractivity contribution in [1.29, 1.82) is 0 Å². The number of thiol groups is 1. The molecule has 0 saturated carbocycles. The molecule has 0 aliphatic rings. The van der Waals surface area contributed by atoms with E-state index in [1.54, 1.807) is 0 Å². The number of nitrogens with zero attached hydrogens (tertiary/aromatic N) is 4. The molecule has 5 nitrogen and oxygen atoms in total. The molecule has 8 heavy (non-hydrogen) atoms. The summed E-state index contributed by atoms with van der Waals surface area (Å²) in [6.07, 6.45) is 0.475. The van der Waals surface area contributed by atoms with Gasteiger partial charge in [-0.05, 0) is 10.4 Å². The van der Waals surface area contributed by atoms with Crippen molar-refractivity contribution in [2.24, 2.45) is 0 Å². The van der Waals surface area contributed by atoms with Crippen LogP contribution in [-0.4, -0.2) is 26.6 Å². The molecule has 0 fully saturated rings. The van der Waals surface area contributed by atoms with Gasteiger partial charge in [0.1, 0.15) is 0 Å². The Morgan fingerprint density at radius 3 is 2.75 bits per heavy atom. The Bertz CT molecular complexity index is 196. The Morgan fingerprint density at radius 2 is 2.50 bits per heavy atom. The number of hydrogen-bond donors (Lipinski definition) is 1. The van der Waals surface area contributed by atoms with Crippen LogP contribution in [0, 0.1) is 0 Å². The highest BCUT2D eigenvalue weighted by molar-refractivity contribution is 7.80. The van der Waals surface area contributed by atoms with Crippen molar-refractivity contribution in [2.45, 2.75) is 5.16 Å². The molecule has 1 aromatic rings. The van der Waals surface area contributed by atoms with Crippen molar-refractivity contribution in [2.75, 3.05) is 0 Å². The van der Waals surface area contributed by atoms with E-state index in [0.717, 1.165) is 4.68 Å². The van der Waals surface area contributed by atoms with Crippen molar-refractivity contribution in [3.8, 4) is 0 Å². The lowest BCUT2D eigenvalue weighted by Crippen LogP contribution is -1.96. The third-order valence-corrected chi connectivity index (χ3v) is 0.870. The van der Waals surface area contributed by atoms with Gasteiger partial charge in [-0.25, -0.2) is 0 Å². The van der Waals surface area contributed by atoms with Gasteiger partial charge in [0.15, 0.2) is 0 Å². The number of carbonyl (C=O) groups excluding carboxylic acids is 1. The molecular formula is C2H2N4OS. The van der Waals surface area contributed by atoms with E-state index in [2.05, 4.69) is 28.2 Å². The fourth-order valence-corrected chi connectivity index (χ4v) is 0.384. The monoisotopic (exact) mass is 130 g/mol. The number of aromatic nitrogens is 4. The topological polar surface area (TPSA) is 60.7 Å². The van der Waals surface area contributed by atoms with Gasteiger partial charge in [-0.15, -0.1) is 17.7 Å². The first-order valence-corrected chi connectivity index (χ1v) is 2.21. The molecule has 0 radical (unpaired) electrons. The Morgan fingerprint density at radius 1 is 1.75 bits per heavy atom. The zero-order chi connectivity index (χ0) is 5.98. The molecule has 0 spiro atoms. The van der Waals surface area contributed by atoms with Crippen LogP contribution < -0.4 is 0 Å². The van der Waals surface area contributed by atoms with Gasteiger partial charge < -0.3 is 0 Å². The maximum absolute atomic E-state index is 9.86. The molecule has 0 saturated heterocycles. The van der Waals surface area contributed by atoms with Crippen LogP contribution in [0.1, 0.15) is 0 Å². The Hall–Kier alpha value is -0.910. The van der Waals surface area contributed by atoms with E-state index in [4.69, 9.17) is 0 Å². The molecule has 0 aliphatic carbocycles. The first-order valence-electron chi connectivity index (χ1n) is 1.76. The van der Waals surface area contributed by atoms with Crippen LogP contribution in [0.5, 0.6) is 0 Å². The summed E-state index contributed by atoms with van der Waals surface area (Å²) in [7, 11) is 0. The first kappa shape index (κ1) is 5.23. The molecule has 6 heteroatoms. The molecule has 1 heterocycles. The second kappa shape index (κ2) is 1.91. The van der Waals surface area contributed by atoms with Crippen LogP contribution in [0.4, 0.5) is 0 Å². The summed E-state index contributed by atoms with van der Waals surface area (Å²) in [5.74, 6) is 0. The van der Waals surface area contributed by atoms with Gasteiger partial charge in [0.05, 0.1) is 0 Å². The molecule has 0 aromatic carbocycles. The van der Waals surface area contributed by atoms with Gasteiger partial charge in [-0.2, -0.15) is 4.68 Å². The summed E-state index contributed by atoms with van der Waals surface area (Å²) in [5, 5.41) is 9.91. The van der Waals surface area contributed by atoms with E-state index in [-0.39, 0.29) is 5.16 Å².